The van der Waals surface area contributed by atoms with E-state index >= 15 is 0 Å². The van der Waals surface area contributed by atoms with Gasteiger partial charge in [-0.05, 0) is 38.0 Å². The second-order valence-electron chi connectivity index (χ2n) is 6.75. The molecule has 0 amide bonds. The summed E-state index contributed by atoms with van der Waals surface area (Å²) in [7, 11) is 1.71. The van der Waals surface area contributed by atoms with Gasteiger partial charge in [-0.3, -0.25) is 0 Å². The molecular formula is C18H23N3O. The average Bonchev–Trinajstić information content (AvgIpc) is 2.83. The summed E-state index contributed by atoms with van der Waals surface area (Å²) in [4.78, 5) is 4.89. The Morgan fingerprint density at radius 1 is 1.14 bits per heavy atom. The molecule has 0 fully saturated rings. The molecule has 0 saturated heterocycles. The van der Waals surface area contributed by atoms with E-state index in [1.54, 1.807) is 7.11 Å². The molecule has 0 radical (unpaired) electrons. The monoisotopic (exact) mass is 297 g/mol. The SMILES string of the molecule is COC1=CCCC=C1n1nc(C)c2ccc(C(C)(C)C)nc21. The molecule has 0 bridgehead atoms. The zero-order chi connectivity index (χ0) is 15.9. The van der Waals surface area contributed by atoms with Crippen molar-refractivity contribution in [3.05, 3.63) is 41.4 Å². The number of ether oxygens (including phenoxy) is 1. The van der Waals surface area contributed by atoms with Gasteiger partial charge in [0.2, 0.25) is 0 Å². The summed E-state index contributed by atoms with van der Waals surface area (Å²) < 4.78 is 7.44. The molecule has 2 heterocycles. The number of pyridine rings is 1. The average molecular weight is 297 g/mol. The van der Waals surface area contributed by atoms with Crippen molar-refractivity contribution in [1.29, 1.82) is 0 Å². The van der Waals surface area contributed by atoms with E-state index in [2.05, 4.69) is 45.1 Å². The van der Waals surface area contributed by atoms with Gasteiger partial charge in [0.05, 0.1) is 12.8 Å². The molecule has 0 aromatic carbocycles. The Bertz CT molecular complexity index is 775. The number of hydrogen-bond acceptors (Lipinski definition) is 3. The number of nitrogens with zero attached hydrogens (tertiary/aromatic N) is 3. The van der Waals surface area contributed by atoms with Crippen molar-refractivity contribution >= 4 is 16.7 Å². The molecule has 1 aliphatic rings. The van der Waals surface area contributed by atoms with E-state index in [0.29, 0.717) is 0 Å². The minimum Gasteiger partial charge on any atom is -0.495 e. The fourth-order valence-electron chi connectivity index (χ4n) is 2.75. The molecule has 22 heavy (non-hydrogen) atoms. The van der Waals surface area contributed by atoms with Gasteiger partial charge in [-0.25, -0.2) is 9.67 Å². The van der Waals surface area contributed by atoms with Gasteiger partial charge in [0.1, 0.15) is 11.5 Å². The summed E-state index contributed by atoms with van der Waals surface area (Å²) in [6.07, 6.45) is 6.30. The van der Waals surface area contributed by atoms with E-state index in [-0.39, 0.29) is 5.41 Å². The Balaban J connectivity index is 2.22. The van der Waals surface area contributed by atoms with Gasteiger partial charge in [0.15, 0.2) is 5.65 Å². The van der Waals surface area contributed by atoms with Gasteiger partial charge >= 0.3 is 0 Å². The third-order valence-electron chi connectivity index (χ3n) is 4.02. The summed E-state index contributed by atoms with van der Waals surface area (Å²) in [5, 5.41) is 5.79. The van der Waals surface area contributed by atoms with Crippen molar-refractivity contribution in [2.24, 2.45) is 0 Å². The number of aromatic nitrogens is 3. The van der Waals surface area contributed by atoms with Crippen LogP contribution < -0.4 is 0 Å². The standard InChI is InChI=1S/C18H23N3O/c1-12-13-10-11-16(18(2,3)4)19-17(13)21(20-12)14-8-6-7-9-15(14)22-5/h8-11H,6-7H2,1-5H3. The van der Waals surface area contributed by atoms with Crippen LogP contribution in [-0.4, -0.2) is 21.9 Å². The first kappa shape index (κ1) is 14.8. The minimum absolute atomic E-state index is 0.0120. The normalized spacial score (nSPS) is 15.7. The lowest BCUT2D eigenvalue weighted by Gasteiger charge is -2.19. The second kappa shape index (κ2) is 5.27. The highest BCUT2D eigenvalue weighted by Crippen LogP contribution is 2.29. The lowest BCUT2D eigenvalue weighted by Crippen LogP contribution is -2.14. The van der Waals surface area contributed by atoms with Gasteiger partial charge < -0.3 is 4.74 Å². The number of allylic oxidation sites excluding steroid dienone is 3. The van der Waals surface area contributed by atoms with E-state index in [4.69, 9.17) is 14.8 Å². The number of fused-ring (bicyclic) bond motifs is 1. The van der Waals surface area contributed by atoms with E-state index < -0.39 is 0 Å². The van der Waals surface area contributed by atoms with Crippen molar-refractivity contribution in [2.45, 2.75) is 46.0 Å². The molecule has 4 heteroatoms. The van der Waals surface area contributed by atoms with E-state index in [0.717, 1.165) is 46.7 Å². The van der Waals surface area contributed by atoms with Gasteiger partial charge in [-0.1, -0.05) is 26.8 Å². The third-order valence-corrected chi connectivity index (χ3v) is 4.02. The Hall–Kier alpha value is -2.10. The van der Waals surface area contributed by atoms with Crippen LogP contribution in [0.15, 0.2) is 30.0 Å². The number of rotatable bonds is 2. The van der Waals surface area contributed by atoms with Gasteiger partial charge in [-0.2, -0.15) is 5.10 Å². The van der Waals surface area contributed by atoms with Gasteiger partial charge in [0.25, 0.3) is 0 Å². The highest BCUT2D eigenvalue weighted by atomic mass is 16.5. The zero-order valence-electron chi connectivity index (χ0n) is 14.0. The predicted octanol–water partition coefficient (Wildman–Crippen LogP) is 4.20. The first-order valence-corrected chi connectivity index (χ1v) is 7.73. The number of hydrogen-bond donors (Lipinski definition) is 0. The van der Waals surface area contributed by atoms with Crippen LogP contribution in [0.5, 0.6) is 0 Å². The van der Waals surface area contributed by atoms with Crippen LogP contribution in [-0.2, 0) is 10.2 Å². The highest BCUT2D eigenvalue weighted by molar-refractivity contribution is 5.83. The second-order valence-corrected chi connectivity index (χ2v) is 6.75. The van der Waals surface area contributed by atoms with Gasteiger partial charge in [-0.15, -0.1) is 0 Å². The lowest BCUT2D eigenvalue weighted by atomic mass is 9.91. The van der Waals surface area contributed by atoms with E-state index in [1.807, 2.05) is 11.6 Å². The van der Waals surface area contributed by atoms with Crippen LogP contribution in [0.3, 0.4) is 0 Å². The molecule has 0 atom stereocenters. The summed E-state index contributed by atoms with van der Waals surface area (Å²) in [5.74, 6) is 0.874. The number of methoxy groups -OCH3 is 1. The van der Waals surface area contributed by atoms with Crippen LogP contribution in [0, 0.1) is 6.92 Å². The van der Waals surface area contributed by atoms with Crippen LogP contribution >= 0.6 is 0 Å². The minimum atomic E-state index is 0.0120. The summed E-state index contributed by atoms with van der Waals surface area (Å²) in [5.41, 5.74) is 3.97. The van der Waals surface area contributed by atoms with Crippen molar-refractivity contribution in [3.63, 3.8) is 0 Å². The maximum atomic E-state index is 5.52. The van der Waals surface area contributed by atoms with E-state index in [1.165, 1.54) is 0 Å². The molecule has 2 aromatic rings. The molecule has 0 spiro atoms. The lowest BCUT2D eigenvalue weighted by molar-refractivity contribution is 0.304. The maximum absolute atomic E-state index is 5.52. The van der Waals surface area contributed by atoms with Crippen LogP contribution in [0.2, 0.25) is 0 Å². The topological polar surface area (TPSA) is 39.9 Å². The molecule has 116 valence electrons. The Morgan fingerprint density at radius 2 is 1.86 bits per heavy atom. The molecule has 0 aliphatic heterocycles. The molecule has 1 aliphatic carbocycles. The summed E-state index contributed by atoms with van der Waals surface area (Å²) in [6.45, 7) is 8.55. The predicted molar refractivity (Wildman–Crippen MR) is 89.6 cm³/mol. The molecule has 3 rings (SSSR count). The summed E-state index contributed by atoms with van der Waals surface area (Å²) in [6, 6.07) is 4.23. The fraction of sp³-hybridized carbons (Fsp3) is 0.444. The van der Waals surface area contributed by atoms with Crippen molar-refractivity contribution in [1.82, 2.24) is 14.8 Å². The maximum Gasteiger partial charge on any atom is 0.163 e. The first-order chi connectivity index (χ1) is 10.4. The fourth-order valence-corrected chi connectivity index (χ4v) is 2.75. The number of aryl methyl sites for hydroxylation is 1. The first-order valence-electron chi connectivity index (χ1n) is 7.73. The van der Waals surface area contributed by atoms with Crippen molar-refractivity contribution in [3.8, 4) is 0 Å². The van der Waals surface area contributed by atoms with Crippen molar-refractivity contribution in [2.75, 3.05) is 7.11 Å². The van der Waals surface area contributed by atoms with E-state index in [9.17, 15) is 0 Å². The zero-order valence-corrected chi connectivity index (χ0v) is 14.0. The Labute approximate surface area is 131 Å². The van der Waals surface area contributed by atoms with Gasteiger partial charge in [0, 0.05) is 16.5 Å². The molecule has 0 unspecified atom stereocenters. The smallest absolute Gasteiger partial charge is 0.163 e. The highest BCUT2D eigenvalue weighted by Gasteiger charge is 2.21. The molecule has 0 saturated carbocycles. The van der Waals surface area contributed by atoms with Crippen LogP contribution in [0.1, 0.15) is 45.0 Å². The quantitative estimate of drug-likeness (QED) is 0.834. The molecule has 4 nitrogen and oxygen atoms in total. The summed E-state index contributed by atoms with van der Waals surface area (Å²) >= 11 is 0. The largest absolute Gasteiger partial charge is 0.495 e. The van der Waals surface area contributed by atoms with Crippen molar-refractivity contribution < 1.29 is 4.74 Å². The third kappa shape index (κ3) is 2.43. The van der Waals surface area contributed by atoms with Crippen LogP contribution in [0.4, 0.5) is 0 Å². The Morgan fingerprint density at radius 3 is 2.55 bits per heavy atom. The molecule has 2 aromatic heterocycles. The molecular weight excluding hydrogens is 274 g/mol. The molecule has 0 N–H and O–H groups in total. The van der Waals surface area contributed by atoms with Crippen LogP contribution in [0.25, 0.3) is 16.7 Å². The Kier molecular flexibility index (Phi) is 3.55.